The van der Waals surface area contributed by atoms with Crippen molar-refractivity contribution in [2.75, 3.05) is 66.7 Å². The number of nitrogens with two attached hydrogens (primary N) is 1. The van der Waals surface area contributed by atoms with E-state index in [0.29, 0.717) is 17.2 Å². The molecule has 0 spiro atoms. The Morgan fingerprint density at radius 1 is 0.443 bits per heavy atom. The summed E-state index contributed by atoms with van der Waals surface area (Å²) in [6.07, 6.45) is -17.6. The van der Waals surface area contributed by atoms with Gasteiger partial charge in [0.05, 0.1) is 40.2 Å². The number of benzene rings is 4. The van der Waals surface area contributed by atoms with Gasteiger partial charge in [0.15, 0.2) is 12.2 Å². The van der Waals surface area contributed by atoms with Gasteiger partial charge in [0.25, 0.3) is 17.1 Å². The molecule has 4 aromatic rings. The maximum Gasteiger partial charge on any atom is 1.00 e. The Morgan fingerprint density at radius 3 is 0.983 bits per heavy atom. The van der Waals surface area contributed by atoms with E-state index in [-0.39, 0.29) is 102 Å². The number of nitrogens with zero attached hydrogens (tertiary/aromatic N) is 3. The standard InChI is InChI=1S/C18H23NO8.C14H22O7.C12H15NO8.C12H17NO6.C6H5NO3.C4H10O.2CH4O.CH3O.CH4.BF3.Na/c1-10-11(2)17(25-13(4)21)18(27-16(10)9-24-12(3)20)26-15-7-5-14(6-8-15)19(22)23;1-7-8(2)13(19-10(4)16)14(20-11(5)17)21-12(7)6-18-9(3)15;14-5-8-9(15)10(16)11(17)12(21-8)20-7-3-1-6(2-4-7)13(18)19;13-6-1-3-7(4-2-6)18-12-11(17)10(16)9(15)8(5-14)19-12;8-6-3-1-5(2-4-6)7(9)10;1-3-5-4-2;3*1-2;;2-1(3)4;/h5-8,10-11,16-18H,9H2,1-4H3;7-8,12-14H,6H2,1-5H3;1-4,8-12,14-17H,5H2;1-4,8-12,14-17H,5,13H2;1-4,8H;3-4H2,1-2H3;2*2H,1H3;1H3;1H4;;/q;;;;;;;;-1;;;+1/t10-,11+,16?,17?,18-;7-,8+,12?,13?,14-;2*8?,9-,10-,11?,12+;;;;;;;;/m1100......../s1. The summed E-state index contributed by atoms with van der Waals surface area (Å²) in [5.74, 6) is -1.76. The van der Waals surface area contributed by atoms with Gasteiger partial charge in [-0.2, -0.15) is 7.11 Å². The molecule has 0 radical (unpaired) electrons. The molecular formula is C70H107BF3N4NaO36. The monoisotopic (exact) mass is 1670 g/mol. The Balaban J connectivity index is -0.000000649. The van der Waals surface area contributed by atoms with E-state index in [1.165, 1.54) is 107 Å². The van der Waals surface area contributed by atoms with Crippen LogP contribution in [0.25, 0.3) is 0 Å². The van der Waals surface area contributed by atoms with Crippen molar-refractivity contribution in [1.82, 2.24) is 0 Å². The molecule has 0 amide bonds. The minimum atomic E-state index is -3.67. The molecule has 115 heavy (non-hydrogen) atoms. The Labute approximate surface area is 683 Å². The summed E-state index contributed by atoms with van der Waals surface area (Å²) >= 11 is 0. The number of rotatable bonds is 20. The average molecular weight is 1670 g/mol. The summed E-state index contributed by atoms with van der Waals surface area (Å²) in [7, 11) is -0.917. The molecule has 4 aliphatic heterocycles. The van der Waals surface area contributed by atoms with Crippen molar-refractivity contribution in [2.45, 2.75) is 182 Å². The number of nitrogen functional groups attached to an aromatic ring is 1. The zero-order chi connectivity index (χ0) is 87.1. The fourth-order valence-corrected chi connectivity index (χ4v) is 9.71. The summed E-state index contributed by atoms with van der Waals surface area (Å²) in [6.45, 7) is 18.8. The summed E-state index contributed by atoms with van der Waals surface area (Å²) in [5, 5.41) is 138. The van der Waals surface area contributed by atoms with Gasteiger partial charge in [0.2, 0.25) is 25.2 Å². The fourth-order valence-electron chi connectivity index (χ4n) is 9.71. The van der Waals surface area contributed by atoms with Crippen LogP contribution in [0.1, 0.15) is 83.6 Å². The molecule has 4 aromatic carbocycles. The molecule has 648 valence electrons. The van der Waals surface area contributed by atoms with E-state index in [9.17, 15) is 97.9 Å². The normalized spacial score (nSPS) is 25.6. The van der Waals surface area contributed by atoms with E-state index in [0.717, 1.165) is 34.5 Å². The predicted octanol–water partition coefficient (Wildman–Crippen LogP) is -0.215. The number of non-ortho nitro benzene ring substituents is 3. The van der Waals surface area contributed by atoms with Crippen LogP contribution in [-0.4, -0.2) is 268 Å². The van der Waals surface area contributed by atoms with Crippen LogP contribution in [0.2, 0.25) is 0 Å². The third-order valence-corrected chi connectivity index (χ3v) is 15.7. The van der Waals surface area contributed by atoms with Gasteiger partial charge in [-0.3, -0.25) is 67.3 Å². The topological polar surface area (TPSA) is 606 Å². The van der Waals surface area contributed by atoms with Gasteiger partial charge in [-0.25, -0.2) is 0 Å². The van der Waals surface area contributed by atoms with E-state index < -0.39 is 164 Å². The number of aliphatic hydroxyl groups is 10. The third-order valence-electron chi connectivity index (χ3n) is 15.7. The number of phenols is 1. The molecule has 8 rings (SSSR count). The van der Waals surface area contributed by atoms with Crippen LogP contribution in [0.3, 0.4) is 0 Å². The Bertz CT molecular complexity index is 3350. The van der Waals surface area contributed by atoms with Gasteiger partial charge in [0.1, 0.15) is 85.0 Å². The summed E-state index contributed by atoms with van der Waals surface area (Å²) in [5.41, 5.74) is 5.87. The molecule has 20 atom stereocenters. The van der Waals surface area contributed by atoms with E-state index in [4.69, 9.17) is 98.0 Å². The van der Waals surface area contributed by atoms with Crippen molar-refractivity contribution in [1.29, 1.82) is 0 Å². The number of carbonyl (C=O) groups is 5. The molecule has 0 aliphatic carbocycles. The number of anilines is 1. The first-order chi connectivity index (χ1) is 53.2. The molecule has 40 nitrogen and oxygen atoms in total. The number of halogens is 3. The minimum Gasteiger partial charge on any atom is -0.857 e. The zero-order valence-electron chi connectivity index (χ0n) is 65.3. The van der Waals surface area contributed by atoms with Crippen LogP contribution in [0.5, 0.6) is 23.0 Å². The van der Waals surface area contributed by atoms with Gasteiger partial charge in [-0.05, 0) is 86.3 Å². The number of aliphatic hydroxyl groups excluding tert-OH is 10. The van der Waals surface area contributed by atoms with Crippen molar-refractivity contribution in [2.24, 2.45) is 23.7 Å². The number of ether oxygens (including phenoxy) is 13. The second-order valence-corrected chi connectivity index (χ2v) is 23.5. The van der Waals surface area contributed by atoms with Crippen molar-refractivity contribution < 1.29 is 204 Å². The Morgan fingerprint density at radius 2 is 0.713 bits per heavy atom. The smallest absolute Gasteiger partial charge is 0.857 e. The van der Waals surface area contributed by atoms with Crippen LogP contribution in [0.4, 0.5) is 35.7 Å². The SMILES string of the molecule is C.CC(=O)OCC1O[C@@H](OC(C)=O)C(OC(C)=O)[C@@H](C)[C@H]1C.CC(=O)OCC1O[C@@H](Oc2ccc([N+](=O)[O-])cc2)C(OC(C)=O)[C@@H](C)[C@H]1C.CCOCC.CO.CO.C[O-].FB(F)F.Nc1ccc(O[C@@H]2OC(CO)[C@H](O)[C@H](O)C2O)cc1.O=[N+]([O-])c1ccc(O)cc1.O=[N+]([O-])c1ccc(O[C@@H]2OC(CO)[C@H](O)[C@H](O)C2O)cc1.[Na+]. The number of aromatic hydroxyl groups is 1. The van der Waals surface area contributed by atoms with Crippen LogP contribution in [-0.2, 0) is 71.3 Å². The van der Waals surface area contributed by atoms with Gasteiger partial charge in [-0.15, -0.1) is 0 Å². The van der Waals surface area contributed by atoms with E-state index in [1.54, 1.807) is 24.3 Å². The van der Waals surface area contributed by atoms with Crippen molar-refractivity contribution in [3.05, 3.63) is 127 Å². The molecule has 4 heterocycles. The van der Waals surface area contributed by atoms with E-state index in [1.807, 2.05) is 41.5 Å². The molecule has 0 bridgehead atoms. The van der Waals surface area contributed by atoms with Gasteiger partial charge in [0, 0.05) is 116 Å². The average Bonchev–Trinajstić information content (AvgIpc) is 0.799. The quantitative estimate of drug-likeness (QED) is 0.0136. The van der Waals surface area contributed by atoms with Gasteiger partial charge in [-0.1, -0.05) is 35.1 Å². The number of nitro benzene ring substituents is 3. The van der Waals surface area contributed by atoms with Crippen molar-refractivity contribution >= 4 is 60.1 Å². The molecule has 8 unspecified atom stereocenters. The zero-order valence-corrected chi connectivity index (χ0v) is 67.3. The number of hydrogen-bond acceptors (Lipinski definition) is 37. The van der Waals surface area contributed by atoms with Gasteiger partial charge < -0.3 is 129 Å². The van der Waals surface area contributed by atoms with Crippen LogP contribution in [0, 0.1) is 54.0 Å². The maximum atomic E-state index is 11.5. The molecule has 4 saturated heterocycles. The number of carbonyl (C=O) groups excluding carboxylic acids is 5. The number of hydrogen-bond donors (Lipinski definition) is 12. The molecule has 0 saturated carbocycles. The fraction of sp³-hybridized carbons (Fsp3) is 0.586. The first-order valence-electron chi connectivity index (χ1n) is 34.0. The molecule has 4 fully saturated rings. The van der Waals surface area contributed by atoms with Crippen molar-refractivity contribution in [3.8, 4) is 23.0 Å². The van der Waals surface area contributed by atoms with Crippen LogP contribution < -0.4 is 54.6 Å². The van der Waals surface area contributed by atoms with E-state index >= 15 is 0 Å². The predicted molar refractivity (Wildman–Crippen MR) is 392 cm³/mol. The minimum absolute atomic E-state index is 0. The number of phenolic OH excluding ortho intramolecular Hbond substituents is 1. The van der Waals surface area contributed by atoms with Crippen molar-refractivity contribution in [3.63, 3.8) is 0 Å². The number of nitro groups is 3. The largest absolute Gasteiger partial charge is 1.00 e. The van der Waals surface area contributed by atoms with Crippen LogP contribution in [0.15, 0.2) is 97.1 Å². The Hall–Kier alpha value is -8.36. The molecular weight excluding hydrogens is 1560 g/mol. The Kier molecular flexibility index (Phi) is 60.0. The second kappa shape index (κ2) is 61.1. The molecule has 0 aromatic heterocycles. The molecule has 4 aliphatic rings. The first kappa shape index (κ1) is 113. The van der Waals surface area contributed by atoms with E-state index in [2.05, 4.69) is 0 Å². The number of esters is 5. The summed E-state index contributed by atoms with van der Waals surface area (Å²) in [6, 6.07) is 21.9. The molecule has 45 heteroatoms. The van der Waals surface area contributed by atoms with Gasteiger partial charge >= 0.3 is 66.9 Å². The maximum absolute atomic E-state index is 11.5. The van der Waals surface area contributed by atoms with Crippen LogP contribution >= 0.6 is 0 Å². The first-order valence-corrected chi connectivity index (χ1v) is 34.0. The third kappa shape index (κ3) is 42.4. The second-order valence-electron chi connectivity index (χ2n) is 23.5. The summed E-state index contributed by atoms with van der Waals surface area (Å²) in [4.78, 5) is 85.6. The molecule has 13 N–H and O–H groups in total. The summed E-state index contributed by atoms with van der Waals surface area (Å²) < 4.78 is 97.9.